The number of amides is 1. The third-order valence-electron chi connectivity index (χ3n) is 4.36. The largest absolute Gasteiger partial charge is 0.503 e. The molecule has 1 atom stereocenters. The zero-order chi connectivity index (χ0) is 18.8. The molecule has 2 heterocycles. The van der Waals surface area contributed by atoms with E-state index in [1.165, 1.54) is 17.0 Å². The minimum atomic E-state index is -0.726. The minimum Gasteiger partial charge on any atom is -0.503 e. The summed E-state index contributed by atoms with van der Waals surface area (Å²) in [6, 6.07) is 8.50. The molecule has 0 bridgehead atoms. The first-order chi connectivity index (χ1) is 12.4. The summed E-state index contributed by atoms with van der Waals surface area (Å²) in [6.07, 6.45) is 3.17. The van der Waals surface area contributed by atoms with Crippen LogP contribution >= 0.6 is 0 Å². The molecule has 0 saturated heterocycles. The number of carbonyl (C=O) groups is 2. The highest BCUT2D eigenvalue weighted by molar-refractivity contribution is 6.09. The summed E-state index contributed by atoms with van der Waals surface area (Å²) in [4.78, 5) is 30.8. The van der Waals surface area contributed by atoms with Gasteiger partial charge in [-0.15, -0.1) is 0 Å². The quantitative estimate of drug-likeness (QED) is 0.894. The first-order valence-electron chi connectivity index (χ1n) is 8.32. The number of rotatable bonds is 5. The molecule has 1 aliphatic heterocycles. The second-order valence-electron chi connectivity index (χ2n) is 6.53. The highest BCUT2D eigenvalue weighted by Crippen LogP contribution is 2.39. The summed E-state index contributed by atoms with van der Waals surface area (Å²) < 4.78 is 13.2. The van der Waals surface area contributed by atoms with E-state index in [4.69, 9.17) is 0 Å². The van der Waals surface area contributed by atoms with E-state index in [1.54, 1.807) is 50.5 Å². The molecule has 1 N–H and O–H groups in total. The molecular weight excluding hydrogens is 335 g/mol. The number of benzene rings is 1. The van der Waals surface area contributed by atoms with E-state index >= 15 is 0 Å². The zero-order valence-corrected chi connectivity index (χ0v) is 14.5. The van der Waals surface area contributed by atoms with E-state index < -0.39 is 17.7 Å². The molecule has 0 aliphatic carbocycles. The van der Waals surface area contributed by atoms with Crippen molar-refractivity contribution in [2.75, 3.05) is 0 Å². The van der Waals surface area contributed by atoms with E-state index in [9.17, 15) is 19.1 Å². The van der Waals surface area contributed by atoms with Gasteiger partial charge >= 0.3 is 0 Å². The fourth-order valence-electron chi connectivity index (χ4n) is 3.05. The topological polar surface area (TPSA) is 70.5 Å². The Kier molecular flexibility index (Phi) is 4.84. The van der Waals surface area contributed by atoms with Crippen LogP contribution in [0, 0.1) is 11.7 Å². The van der Waals surface area contributed by atoms with Crippen LogP contribution in [0.1, 0.15) is 31.0 Å². The highest BCUT2D eigenvalue weighted by atomic mass is 19.1. The smallest absolute Gasteiger partial charge is 0.290 e. The minimum absolute atomic E-state index is 0.0834. The zero-order valence-electron chi connectivity index (χ0n) is 14.5. The molecule has 5 nitrogen and oxygen atoms in total. The first-order valence-corrected chi connectivity index (χ1v) is 8.32. The number of hydrogen-bond acceptors (Lipinski definition) is 4. The second kappa shape index (κ2) is 7.07. The van der Waals surface area contributed by atoms with Gasteiger partial charge in [-0.3, -0.25) is 14.6 Å². The molecule has 26 heavy (non-hydrogen) atoms. The van der Waals surface area contributed by atoms with E-state index in [0.717, 1.165) is 0 Å². The maximum Gasteiger partial charge on any atom is 0.290 e. The molecular formula is C20H19FN2O3. The predicted molar refractivity (Wildman–Crippen MR) is 93.4 cm³/mol. The van der Waals surface area contributed by atoms with Crippen molar-refractivity contribution in [1.82, 2.24) is 9.88 Å². The van der Waals surface area contributed by atoms with Gasteiger partial charge in [-0.25, -0.2) is 4.39 Å². The molecule has 1 aromatic carbocycles. The van der Waals surface area contributed by atoms with Gasteiger partial charge in [0.15, 0.2) is 11.5 Å². The summed E-state index contributed by atoms with van der Waals surface area (Å²) in [5.41, 5.74) is 1.41. The van der Waals surface area contributed by atoms with Gasteiger partial charge in [-0.2, -0.15) is 0 Å². The predicted octanol–water partition coefficient (Wildman–Crippen LogP) is 3.34. The van der Waals surface area contributed by atoms with Gasteiger partial charge in [0.2, 0.25) is 0 Å². The van der Waals surface area contributed by atoms with E-state index in [-0.39, 0.29) is 29.6 Å². The Morgan fingerprint density at radius 2 is 1.96 bits per heavy atom. The number of hydrogen-bond donors (Lipinski definition) is 1. The van der Waals surface area contributed by atoms with Crippen LogP contribution in [0.15, 0.2) is 60.1 Å². The summed E-state index contributed by atoms with van der Waals surface area (Å²) in [6.45, 7) is 3.57. The van der Waals surface area contributed by atoms with Crippen molar-refractivity contribution in [2.45, 2.75) is 26.4 Å². The van der Waals surface area contributed by atoms with Crippen LogP contribution in [0.3, 0.4) is 0 Å². The van der Waals surface area contributed by atoms with Crippen LogP contribution < -0.4 is 0 Å². The average molecular weight is 354 g/mol. The van der Waals surface area contributed by atoms with Crippen molar-refractivity contribution >= 4 is 11.7 Å². The normalized spacial score (nSPS) is 17.3. The number of halogens is 1. The Labute approximate surface area is 150 Å². The number of aliphatic hydroxyl groups excluding tert-OH is 1. The number of nitrogens with zero attached hydrogens (tertiary/aromatic N) is 2. The first kappa shape index (κ1) is 17.8. The fourth-order valence-corrected chi connectivity index (χ4v) is 3.05. The molecule has 2 aromatic rings. The van der Waals surface area contributed by atoms with Gasteiger partial charge < -0.3 is 10.0 Å². The van der Waals surface area contributed by atoms with Crippen molar-refractivity contribution in [3.8, 4) is 0 Å². The van der Waals surface area contributed by atoms with E-state index in [0.29, 0.717) is 11.1 Å². The van der Waals surface area contributed by atoms with Crippen LogP contribution in [0.2, 0.25) is 0 Å². The lowest BCUT2D eigenvalue weighted by Gasteiger charge is -2.27. The molecule has 3 rings (SSSR count). The van der Waals surface area contributed by atoms with Crippen LogP contribution in [-0.4, -0.2) is 26.7 Å². The van der Waals surface area contributed by atoms with Crippen molar-refractivity contribution in [3.05, 3.63) is 77.1 Å². The van der Waals surface area contributed by atoms with Crippen LogP contribution in [0.4, 0.5) is 4.39 Å². The van der Waals surface area contributed by atoms with Crippen molar-refractivity contribution in [3.63, 3.8) is 0 Å². The Balaban J connectivity index is 2.04. The lowest BCUT2D eigenvalue weighted by atomic mass is 9.92. The molecule has 1 amide bonds. The van der Waals surface area contributed by atoms with Gasteiger partial charge in [-0.05, 0) is 29.3 Å². The van der Waals surface area contributed by atoms with Crippen LogP contribution in [0.5, 0.6) is 0 Å². The van der Waals surface area contributed by atoms with Crippen LogP contribution in [-0.2, 0) is 16.1 Å². The van der Waals surface area contributed by atoms with Gasteiger partial charge in [0, 0.05) is 24.9 Å². The van der Waals surface area contributed by atoms with Crippen molar-refractivity contribution in [1.29, 1.82) is 0 Å². The number of aromatic nitrogens is 1. The SMILES string of the molecule is CC(C)C(=O)C1=C(O)C(=O)N(Cc2ccc(F)cc2)C1c1cccnc1. The average Bonchev–Trinajstić information content (AvgIpc) is 2.88. The molecule has 1 aliphatic rings. The van der Waals surface area contributed by atoms with Gasteiger partial charge in [0.05, 0.1) is 11.6 Å². The van der Waals surface area contributed by atoms with E-state index in [1.807, 2.05) is 0 Å². The standard InChI is InChI=1S/C20H19FN2O3/c1-12(2)18(24)16-17(14-4-3-9-22-10-14)23(20(26)19(16)25)11-13-5-7-15(21)8-6-13/h3-10,12,17,25H,11H2,1-2H3. The molecule has 1 unspecified atom stereocenters. The number of carbonyl (C=O) groups excluding carboxylic acids is 2. The third kappa shape index (κ3) is 3.22. The maximum absolute atomic E-state index is 13.2. The Morgan fingerprint density at radius 3 is 2.54 bits per heavy atom. The molecule has 1 aromatic heterocycles. The molecule has 134 valence electrons. The number of pyridine rings is 1. The second-order valence-corrected chi connectivity index (χ2v) is 6.53. The van der Waals surface area contributed by atoms with Gasteiger partial charge in [0.1, 0.15) is 5.82 Å². The van der Waals surface area contributed by atoms with E-state index in [2.05, 4.69) is 4.98 Å². The number of ketones is 1. The van der Waals surface area contributed by atoms with Crippen LogP contribution in [0.25, 0.3) is 0 Å². The lowest BCUT2D eigenvalue weighted by molar-refractivity contribution is -0.130. The lowest BCUT2D eigenvalue weighted by Crippen LogP contribution is -2.31. The fraction of sp³-hybridized carbons (Fsp3) is 0.250. The highest BCUT2D eigenvalue weighted by Gasteiger charge is 2.43. The monoisotopic (exact) mass is 354 g/mol. The Morgan fingerprint density at radius 1 is 1.27 bits per heavy atom. The number of aliphatic hydroxyl groups is 1. The third-order valence-corrected chi connectivity index (χ3v) is 4.36. The van der Waals surface area contributed by atoms with Gasteiger partial charge in [0.25, 0.3) is 5.91 Å². The molecule has 0 fully saturated rings. The Bertz CT molecular complexity index is 860. The summed E-state index contributed by atoms with van der Waals surface area (Å²) in [5, 5.41) is 10.4. The van der Waals surface area contributed by atoms with Crippen molar-refractivity contribution < 1.29 is 19.1 Å². The maximum atomic E-state index is 13.2. The Hall–Kier alpha value is -3.02. The summed E-state index contributed by atoms with van der Waals surface area (Å²) >= 11 is 0. The molecule has 0 saturated carbocycles. The molecule has 0 radical (unpaired) electrons. The molecule has 0 spiro atoms. The molecule has 6 heteroatoms. The van der Waals surface area contributed by atoms with Crippen molar-refractivity contribution in [2.24, 2.45) is 5.92 Å². The number of Topliss-reactive ketones (excluding diaryl/α,β-unsaturated/α-hetero) is 1. The summed E-state index contributed by atoms with van der Waals surface area (Å²) in [7, 11) is 0. The van der Waals surface area contributed by atoms with Gasteiger partial charge in [-0.1, -0.05) is 32.0 Å². The summed E-state index contributed by atoms with van der Waals surface area (Å²) in [5.74, 6) is -2.18.